The van der Waals surface area contributed by atoms with Gasteiger partial charge in [-0.3, -0.25) is 14.2 Å². The minimum Gasteiger partial charge on any atom is -0.383 e. The maximum absolute atomic E-state index is 13.5. The zero-order valence-electron chi connectivity index (χ0n) is 19.2. The number of aromatic nitrogens is 3. The van der Waals surface area contributed by atoms with Crippen LogP contribution >= 0.6 is 23.4 Å². The number of methoxy groups -OCH3 is 1. The molecule has 0 radical (unpaired) electrons. The zero-order chi connectivity index (χ0) is 24.2. The largest absolute Gasteiger partial charge is 0.383 e. The quantitative estimate of drug-likeness (QED) is 0.281. The van der Waals surface area contributed by atoms with Crippen molar-refractivity contribution in [2.45, 2.75) is 18.6 Å². The van der Waals surface area contributed by atoms with Crippen LogP contribution in [0.5, 0.6) is 0 Å². The van der Waals surface area contributed by atoms with Gasteiger partial charge in [-0.05, 0) is 30.2 Å². The summed E-state index contributed by atoms with van der Waals surface area (Å²) in [5.41, 5.74) is 4.26. The summed E-state index contributed by atoms with van der Waals surface area (Å²) in [5, 5.41) is 3.94. The van der Waals surface area contributed by atoms with E-state index in [0.29, 0.717) is 40.1 Å². The molecule has 0 bridgehead atoms. The van der Waals surface area contributed by atoms with Gasteiger partial charge in [-0.25, -0.2) is 4.98 Å². The number of benzene rings is 2. The summed E-state index contributed by atoms with van der Waals surface area (Å²) >= 11 is 7.38. The number of aryl methyl sites for hydroxylation is 1. The molecular formula is C25H25ClN4O3S. The molecule has 176 valence electrons. The zero-order valence-corrected chi connectivity index (χ0v) is 20.7. The van der Waals surface area contributed by atoms with E-state index in [-0.39, 0.29) is 17.2 Å². The van der Waals surface area contributed by atoms with Crippen LogP contribution in [0.15, 0.2) is 64.7 Å². The number of rotatable bonds is 8. The Hall–Kier alpha value is -3.07. The first-order chi connectivity index (χ1) is 16.4. The van der Waals surface area contributed by atoms with E-state index in [1.54, 1.807) is 34.4 Å². The van der Waals surface area contributed by atoms with Gasteiger partial charge < -0.3 is 14.6 Å². The molecule has 2 aromatic carbocycles. The van der Waals surface area contributed by atoms with E-state index in [1.165, 1.54) is 11.8 Å². The molecular weight excluding hydrogens is 472 g/mol. The lowest BCUT2D eigenvalue weighted by molar-refractivity contribution is -0.113. The molecule has 0 spiro atoms. The van der Waals surface area contributed by atoms with Crippen LogP contribution in [0.4, 0.5) is 5.69 Å². The fraction of sp³-hybridized carbons (Fsp3) is 0.240. The summed E-state index contributed by atoms with van der Waals surface area (Å²) in [7, 11) is 3.42. The molecule has 4 rings (SSSR count). The number of ether oxygens (including phenoxy) is 1. The van der Waals surface area contributed by atoms with Crippen LogP contribution in [0, 0.1) is 6.92 Å². The molecule has 0 aliphatic rings. The predicted octanol–water partition coefficient (Wildman–Crippen LogP) is 4.74. The lowest BCUT2D eigenvalue weighted by atomic mass is 10.1. The molecule has 2 aromatic heterocycles. The van der Waals surface area contributed by atoms with Gasteiger partial charge in [0.05, 0.1) is 18.9 Å². The van der Waals surface area contributed by atoms with Crippen molar-refractivity contribution in [1.82, 2.24) is 14.1 Å². The van der Waals surface area contributed by atoms with Crippen LogP contribution in [0.1, 0.15) is 5.56 Å². The second-order valence-electron chi connectivity index (χ2n) is 7.81. The van der Waals surface area contributed by atoms with Crippen molar-refractivity contribution >= 4 is 46.0 Å². The van der Waals surface area contributed by atoms with Crippen molar-refractivity contribution in [3.05, 3.63) is 75.7 Å². The SMILES string of the molecule is COCCn1c(SCC(=O)Nc2cccc(Cl)c2C)nc2c(-c3ccccc3)cn(C)c2c1=O. The van der Waals surface area contributed by atoms with Crippen molar-refractivity contribution < 1.29 is 9.53 Å². The van der Waals surface area contributed by atoms with Gasteiger partial charge in [0.25, 0.3) is 5.56 Å². The van der Waals surface area contributed by atoms with E-state index in [4.69, 9.17) is 21.3 Å². The highest BCUT2D eigenvalue weighted by Crippen LogP contribution is 2.29. The molecule has 0 aliphatic heterocycles. The van der Waals surface area contributed by atoms with Crippen LogP contribution in [-0.2, 0) is 23.1 Å². The van der Waals surface area contributed by atoms with Gasteiger partial charge in [0, 0.05) is 36.6 Å². The molecule has 34 heavy (non-hydrogen) atoms. The number of amides is 1. The van der Waals surface area contributed by atoms with E-state index in [1.807, 2.05) is 50.5 Å². The van der Waals surface area contributed by atoms with E-state index in [9.17, 15) is 9.59 Å². The van der Waals surface area contributed by atoms with Crippen molar-refractivity contribution in [2.24, 2.45) is 7.05 Å². The number of carbonyl (C=O) groups excluding carboxylic acids is 1. The summed E-state index contributed by atoms with van der Waals surface area (Å²) in [6.07, 6.45) is 1.91. The number of anilines is 1. The van der Waals surface area contributed by atoms with Crippen LogP contribution in [0.25, 0.3) is 22.2 Å². The molecule has 1 N–H and O–H groups in total. The lowest BCUT2D eigenvalue weighted by Gasteiger charge is -2.13. The van der Waals surface area contributed by atoms with Crippen LogP contribution in [0.3, 0.4) is 0 Å². The van der Waals surface area contributed by atoms with Crippen molar-refractivity contribution in [3.63, 3.8) is 0 Å². The number of halogens is 1. The van der Waals surface area contributed by atoms with Gasteiger partial charge in [0.2, 0.25) is 5.91 Å². The third-order valence-corrected chi connectivity index (χ3v) is 6.90. The molecule has 0 atom stereocenters. The maximum Gasteiger partial charge on any atom is 0.278 e. The first kappa shape index (κ1) is 24.1. The Morgan fingerprint density at radius 2 is 1.94 bits per heavy atom. The number of carbonyl (C=O) groups is 1. The summed E-state index contributed by atoms with van der Waals surface area (Å²) < 4.78 is 8.58. The normalized spacial score (nSPS) is 11.2. The molecule has 2 heterocycles. The van der Waals surface area contributed by atoms with E-state index in [0.717, 1.165) is 16.7 Å². The fourth-order valence-electron chi connectivity index (χ4n) is 3.73. The van der Waals surface area contributed by atoms with Crippen molar-refractivity contribution in [3.8, 4) is 11.1 Å². The second-order valence-corrected chi connectivity index (χ2v) is 9.16. The van der Waals surface area contributed by atoms with E-state index < -0.39 is 0 Å². The summed E-state index contributed by atoms with van der Waals surface area (Å²) in [5.74, 6) is -0.121. The molecule has 1 amide bonds. The average Bonchev–Trinajstić information content (AvgIpc) is 3.17. The topological polar surface area (TPSA) is 78.2 Å². The van der Waals surface area contributed by atoms with Crippen molar-refractivity contribution in [2.75, 3.05) is 24.8 Å². The Kier molecular flexibility index (Phi) is 7.41. The predicted molar refractivity (Wildman–Crippen MR) is 138 cm³/mol. The number of hydrogen-bond acceptors (Lipinski definition) is 5. The summed E-state index contributed by atoms with van der Waals surface area (Å²) in [6, 6.07) is 15.2. The Bertz CT molecular complexity index is 1400. The first-order valence-corrected chi connectivity index (χ1v) is 12.1. The molecule has 9 heteroatoms. The third-order valence-electron chi connectivity index (χ3n) is 5.52. The van der Waals surface area contributed by atoms with E-state index >= 15 is 0 Å². The molecule has 0 fully saturated rings. The first-order valence-electron chi connectivity index (χ1n) is 10.7. The van der Waals surface area contributed by atoms with Gasteiger partial charge >= 0.3 is 0 Å². The highest BCUT2D eigenvalue weighted by atomic mass is 35.5. The highest BCUT2D eigenvalue weighted by Gasteiger charge is 2.19. The molecule has 4 aromatic rings. The molecule has 0 saturated heterocycles. The summed E-state index contributed by atoms with van der Waals surface area (Å²) in [4.78, 5) is 31.0. The van der Waals surface area contributed by atoms with Crippen LogP contribution in [-0.4, -0.2) is 39.5 Å². The van der Waals surface area contributed by atoms with Gasteiger partial charge in [0.15, 0.2) is 5.16 Å². The minimum atomic E-state index is -0.209. The van der Waals surface area contributed by atoms with Gasteiger partial charge in [-0.1, -0.05) is 59.8 Å². The Morgan fingerprint density at radius 1 is 1.18 bits per heavy atom. The number of fused-ring (bicyclic) bond motifs is 1. The Labute approximate surface area is 206 Å². The Balaban J connectivity index is 1.69. The molecule has 7 nitrogen and oxygen atoms in total. The maximum atomic E-state index is 13.5. The number of thioether (sulfide) groups is 1. The minimum absolute atomic E-state index is 0.0877. The third kappa shape index (κ3) is 4.89. The van der Waals surface area contributed by atoms with Crippen LogP contribution < -0.4 is 10.9 Å². The Morgan fingerprint density at radius 3 is 2.68 bits per heavy atom. The second kappa shape index (κ2) is 10.5. The fourth-order valence-corrected chi connectivity index (χ4v) is 4.72. The molecule has 0 saturated carbocycles. The van der Waals surface area contributed by atoms with E-state index in [2.05, 4.69) is 5.32 Å². The van der Waals surface area contributed by atoms with Gasteiger partial charge in [-0.2, -0.15) is 0 Å². The van der Waals surface area contributed by atoms with Crippen molar-refractivity contribution in [1.29, 1.82) is 0 Å². The average molecular weight is 497 g/mol. The number of nitrogens with zero attached hydrogens (tertiary/aromatic N) is 3. The molecule has 0 unspecified atom stereocenters. The lowest BCUT2D eigenvalue weighted by Crippen LogP contribution is -2.27. The van der Waals surface area contributed by atoms with Gasteiger partial charge in [-0.15, -0.1) is 0 Å². The number of nitrogens with one attached hydrogen (secondary N) is 1. The summed E-state index contributed by atoms with van der Waals surface area (Å²) in [6.45, 7) is 2.54. The highest BCUT2D eigenvalue weighted by molar-refractivity contribution is 7.99. The number of hydrogen-bond donors (Lipinski definition) is 1. The van der Waals surface area contributed by atoms with Gasteiger partial charge in [0.1, 0.15) is 11.0 Å². The van der Waals surface area contributed by atoms with Crippen LogP contribution in [0.2, 0.25) is 5.02 Å². The monoisotopic (exact) mass is 496 g/mol. The molecule has 0 aliphatic carbocycles. The smallest absolute Gasteiger partial charge is 0.278 e. The standard InChI is InChI=1S/C25H25ClN4O3S/c1-16-19(26)10-7-11-20(16)27-21(31)15-34-25-28-22-18(17-8-5-4-6-9-17)14-29(2)23(22)24(32)30(25)12-13-33-3/h4-11,14H,12-13,15H2,1-3H3,(H,27,31).